The van der Waals surface area contributed by atoms with Gasteiger partial charge in [0.1, 0.15) is 11.6 Å². The topological polar surface area (TPSA) is 92.8 Å². The maximum Gasteiger partial charge on any atom is 0.276 e. The molecule has 0 aliphatic rings. The average molecular weight is 425 g/mol. The second kappa shape index (κ2) is 8.27. The van der Waals surface area contributed by atoms with E-state index in [0.29, 0.717) is 16.8 Å². The number of hydrogen-bond donors (Lipinski definition) is 2. The van der Waals surface area contributed by atoms with Crippen LogP contribution in [0.25, 0.3) is 22.0 Å². The van der Waals surface area contributed by atoms with E-state index in [1.165, 1.54) is 18.3 Å². The van der Waals surface area contributed by atoms with Crippen LogP contribution < -0.4 is 10.1 Å². The molecule has 32 heavy (non-hydrogen) atoms. The molecule has 0 unspecified atom stereocenters. The third kappa shape index (κ3) is 4.01. The number of hydrogen-bond acceptors (Lipinski definition) is 5. The summed E-state index contributed by atoms with van der Waals surface area (Å²) >= 11 is 0. The number of benzene rings is 2. The van der Waals surface area contributed by atoms with Crippen molar-refractivity contribution in [1.29, 1.82) is 0 Å². The summed E-state index contributed by atoms with van der Waals surface area (Å²) in [6, 6.07) is 18.5. The molecule has 0 saturated carbocycles. The number of anilines is 1. The summed E-state index contributed by atoms with van der Waals surface area (Å²) in [4.78, 5) is 21.1. The zero-order valence-corrected chi connectivity index (χ0v) is 16.6. The summed E-state index contributed by atoms with van der Waals surface area (Å²) in [5.41, 5.74) is 3.37. The van der Waals surface area contributed by atoms with Crippen molar-refractivity contribution in [3.63, 3.8) is 0 Å². The molecular weight excluding hydrogens is 409 g/mol. The average Bonchev–Trinajstić information content (AvgIpc) is 3.24. The number of fused-ring (bicyclic) bond motifs is 1. The summed E-state index contributed by atoms with van der Waals surface area (Å²) in [5.74, 6) is -0.161. The molecule has 2 N–H and O–H groups in total. The fourth-order valence-electron chi connectivity index (χ4n) is 3.26. The smallest absolute Gasteiger partial charge is 0.276 e. The highest BCUT2D eigenvalue weighted by Gasteiger charge is 2.15. The Kier molecular flexibility index (Phi) is 5.01. The lowest BCUT2D eigenvalue weighted by Gasteiger charge is -2.07. The van der Waals surface area contributed by atoms with E-state index in [-0.39, 0.29) is 17.5 Å². The molecule has 0 aliphatic heterocycles. The number of aromatic amines is 1. The fraction of sp³-hybridized carbons (Fsp3) is 0. The van der Waals surface area contributed by atoms with Crippen molar-refractivity contribution in [2.75, 3.05) is 5.32 Å². The molecule has 7 nitrogen and oxygen atoms in total. The largest absolute Gasteiger partial charge is 0.439 e. The molecule has 5 aromatic rings. The van der Waals surface area contributed by atoms with Crippen molar-refractivity contribution >= 4 is 22.5 Å². The number of carbonyl (C=O) groups is 1. The minimum absolute atomic E-state index is 0.269. The van der Waals surface area contributed by atoms with Gasteiger partial charge in [0, 0.05) is 35.5 Å². The Labute approximate surface area is 181 Å². The number of nitrogens with zero attached hydrogens (tertiary/aromatic N) is 3. The fourth-order valence-corrected chi connectivity index (χ4v) is 3.26. The van der Waals surface area contributed by atoms with E-state index in [4.69, 9.17) is 4.74 Å². The zero-order valence-electron chi connectivity index (χ0n) is 16.6. The van der Waals surface area contributed by atoms with Crippen LogP contribution in [-0.4, -0.2) is 26.1 Å². The van der Waals surface area contributed by atoms with E-state index in [9.17, 15) is 9.18 Å². The second-order valence-corrected chi connectivity index (χ2v) is 6.97. The first-order chi connectivity index (χ1) is 15.7. The Morgan fingerprint density at radius 1 is 0.969 bits per heavy atom. The molecule has 0 bridgehead atoms. The summed E-state index contributed by atoms with van der Waals surface area (Å²) < 4.78 is 18.8. The standard InChI is InChI=1S/C24H16FN5O2/c25-17-4-1-5-19(12-17)32-22-9-7-18(14-27-22)28-24(31)23-20-11-15(6-8-21(20)29-30-23)16-3-2-10-26-13-16/h1-14H,(H,28,31)(H,29,30). The van der Waals surface area contributed by atoms with E-state index in [2.05, 4.69) is 25.5 Å². The third-order valence-electron chi connectivity index (χ3n) is 4.79. The first-order valence-corrected chi connectivity index (χ1v) is 9.75. The SMILES string of the molecule is O=C(Nc1ccc(Oc2cccc(F)c2)nc1)c1n[nH]c2ccc(-c3cccnc3)cc12. The third-order valence-corrected chi connectivity index (χ3v) is 4.79. The number of rotatable bonds is 5. The summed E-state index contributed by atoms with van der Waals surface area (Å²) in [5, 5.41) is 10.5. The lowest BCUT2D eigenvalue weighted by Crippen LogP contribution is -2.13. The Morgan fingerprint density at radius 2 is 1.91 bits per heavy atom. The first-order valence-electron chi connectivity index (χ1n) is 9.75. The Balaban J connectivity index is 1.34. The predicted molar refractivity (Wildman–Crippen MR) is 118 cm³/mol. The predicted octanol–water partition coefficient (Wildman–Crippen LogP) is 5.20. The van der Waals surface area contributed by atoms with Crippen molar-refractivity contribution in [2.45, 2.75) is 0 Å². The summed E-state index contributed by atoms with van der Waals surface area (Å²) in [6.07, 6.45) is 4.93. The van der Waals surface area contributed by atoms with Crippen LogP contribution in [-0.2, 0) is 0 Å². The van der Waals surface area contributed by atoms with Crippen LogP contribution in [0, 0.1) is 5.82 Å². The van der Waals surface area contributed by atoms with Crippen molar-refractivity contribution in [2.24, 2.45) is 0 Å². The van der Waals surface area contributed by atoms with Crippen LogP contribution in [0.3, 0.4) is 0 Å². The van der Waals surface area contributed by atoms with Gasteiger partial charge in [-0.2, -0.15) is 5.10 Å². The van der Waals surface area contributed by atoms with Crippen molar-refractivity contribution in [3.05, 3.63) is 96.8 Å². The Hall–Kier alpha value is -4.59. The first kappa shape index (κ1) is 19.4. The molecule has 0 spiro atoms. The number of ether oxygens (including phenoxy) is 1. The van der Waals surface area contributed by atoms with Gasteiger partial charge in [-0.05, 0) is 42.0 Å². The van der Waals surface area contributed by atoms with Crippen LogP contribution in [0.15, 0.2) is 85.3 Å². The minimum Gasteiger partial charge on any atom is -0.439 e. The number of H-pyrrole nitrogens is 1. The number of halogens is 1. The minimum atomic E-state index is -0.399. The van der Waals surface area contributed by atoms with E-state index in [0.717, 1.165) is 16.6 Å². The molecule has 1 amide bonds. The second-order valence-electron chi connectivity index (χ2n) is 6.97. The van der Waals surface area contributed by atoms with Gasteiger partial charge in [0.15, 0.2) is 5.69 Å². The van der Waals surface area contributed by atoms with E-state index < -0.39 is 5.82 Å². The van der Waals surface area contributed by atoms with Crippen LogP contribution in [0.1, 0.15) is 10.5 Å². The molecule has 0 radical (unpaired) electrons. The van der Waals surface area contributed by atoms with Gasteiger partial charge in [0.05, 0.1) is 17.4 Å². The van der Waals surface area contributed by atoms with Crippen LogP contribution in [0.5, 0.6) is 11.6 Å². The molecule has 3 heterocycles. The highest BCUT2D eigenvalue weighted by molar-refractivity contribution is 6.11. The van der Waals surface area contributed by atoms with E-state index in [1.807, 2.05) is 30.3 Å². The Morgan fingerprint density at radius 3 is 2.69 bits per heavy atom. The molecule has 0 saturated heterocycles. The van der Waals surface area contributed by atoms with Crippen molar-refractivity contribution in [3.8, 4) is 22.8 Å². The van der Waals surface area contributed by atoms with E-state index in [1.54, 1.807) is 36.7 Å². The molecule has 8 heteroatoms. The number of pyridine rings is 2. The number of nitrogens with one attached hydrogen (secondary N) is 2. The maximum absolute atomic E-state index is 13.3. The van der Waals surface area contributed by atoms with E-state index >= 15 is 0 Å². The highest BCUT2D eigenvalue weighted by Crippen LogP contribution is 2.26. The molecular formula is C24H16FN5O2. The van der Waals surface area contributed by atoms with Gasteiger partial charge in [-0.25, -0.2) is 9.37 Å². The van der Waals surface area contributed by atoms with Gasteiger partial charge in [-0.1, -0.05) is 18.2 Å². The summed E-state index contributed by atoms with van der Waals surface area (Å²) in [6.45, 7) is 0. The van der Waals surface area contributed by atoms with Gasteiger partial charge < -0.3 is 10.1 Å². The van der Waals surface area contributed by atoms with Crippen LogP contribution in [0.4, 0.5) is 10.1 Å². The number of amides is 1. The monoisotopic (exact) mass is 425 g/mol. The van der Waals surface area contributed by atoms with Gasteiger partial charge in [-0.3, -0.25) is 14.9 Å². The lowest BCUT2D eigenvalue weighted by atomic mass is 10.0. The quantitative estimate of drug-likeness (QED) is 0.404. The van der Waals surface area contributed by atoms with Crippen molar-refractivity contribution in [1.82, 2.24) is 20.2 Å². The molecule has 0 fully saturated rings. The van der Waals surface area contributed by atoms with Crippen LogP contribution >= 0.6 is 0 Å². The molecule has 3 aromatic heterocycles. The van der Waals surface area contributed by atoms with Gasteiger partial charge in [-0.15, -0.1) is 0 Å². The molecule has 5 rings (SSSR count). The van der Waals surface area contributed by atoms with Gasteiger partial charge in [0.25, 0.3) is 5.91 Å². The molecule has 156 valence electrons. The number of carbonyl (C=O) groups excluding carboxylic acids is 1. The maximum atomic E-state index is 13.3. The Bertz CT molecular complexity index is 1400. The van der Waals surface area contributed by atoms with Crippen molar-refractivity contribution < 1.29 is 13.9 Å². The summed E-state index contributed by atoms with van der Waals surface area (Å²) in [7, 11) is 0. The zero-order chi connectivity index (χ0) is 21.9. The van der Waals surface area contributed by atoms with Gasteiger partial charge >= 0.3 is 0 Å². The molecule has 2 aromatic carbocycles. The van der Waals surface area contributed by atoms with Crippen LogP contribution in [0.2, 0.25) is 0 Å². The molecule has 0 aliphatic carbocycles. The van der Waals surface area contributed by atoms with Gasteiger partial charge in [0.2, 0.25) is 5.88 Å². The lowest BCUT2D eigenvalue weighted by molar-refractivity contribution is 0.102. The number of aromatic nitrogens is 4. The normalized spacial score (nSPS) is 10.8. The molecule has 0 atom stereocenters. The highest BCUT2D eigenvalue weighted by atomic mass is 19.1.